The van der Waals surface area contributed by atoms with Gasteiger partial charge in [-0.1, -0.05) is 20.8 Å². The summed E-state index contributed by atoms with van der Waals surface area (Å²) in [6.45, 7) is 6.15. The van der Waals surface area contributed by atoms with E-state index in [4.69, 9.17) is 0 Å². The van der Waals surface area contributed by atoms with Crippen LogP contribution in [0.2, 0.25) is 0 Å². The van der Waals surface area contributed by atoms with Crippen molar-refractivity contribution in [3.05, 3.63) is 63.5 Å². The number of H-pyrrole nitrogens is 1. The SMILES string of the molecule is CC(C)(C)c1[nH]ncc1C=CC(=O)c1ccc([N+](=O)[O-])cc1. The Bertz CT molecular complexity index is 722. The van der Waals surface area contributed by atoms with Gasteiger partial charge in [0.1, 0.15) is 0 Å². The zero-order valence-corrected chi connectivity index (χ0v) is 12.7. The van der Waals surface area contributed by atoms with E-state index in [9.17, 15) is 14.9 Å². The van der Waals surface area contributed by atoms with Gasteiger partial charge in [0.15, 0.2) is 5.78 Å². The van der Waals surface area contributed by atoms with Crippen LogP contribution < -0.4 is 0 Å². The molecule has 0 amide bonds. The van der Waals surface area contributed by atoms with Crippen molar-refractivity contribution in [3.8, 4) is 0 Å². The van der Waals surface area contributed by atoms with E-state index in [1.165, 1.54) is 30.3 Å². The van der Waals surface area contributed by atoms with Crippen molar-refractivity contribution in [2.45, 2.75) is 26.2 Å². The van der Waals surface area contributed by atoms with Crippen molar-refractivity contribution >= 4 is 17.5 Å². The van der Waals surface area contributed by atoms with E-state index in [0.29, 0.717) is 5.56 Å². The molecule has 0 aliphatic rings. The highest BCUT2D eigenvalue weighted by atomic mass is 16.6. The first-order valence-corrected chi connectivity index (χ1v) is 6.80. The Morgan fingerprint density at radius 1 is 1.27 bits per heavy atom. The van der Waals surface area contributed by atoms with Crippen LogP contribution in [0.5, 0.6) is 0 Å². The lowest BCUT2D eigenvalue weighted by atomic mass is 9.89. The van der Waals surface area contributed by atoms with Crippen molar-refractivity contribution in [3.63, 3.8) is 0 Å². The highest BCUT2D eigenvalue weighted by molar-refractivity contribution is 6.06. The van der Waals surface area contributed by atoms with Gasteiger partial charge >= 0.3 is 0 Å². The van der Waals surface area contributed by atoms with Gasteiger partial charge in [0, 0.05) is 34.4 Å². The molecule has 1 heterocycles. The molecule has 0 aliphatic carbocycles. The van der Waals surface area contributed by atoms with Gasteiger partial charge in [-0.3, -0.25) is 20.0 Å². The Hall–Kier alpha value is -2.76. The minimum atomic E-state index is -0.495. The second-order valence-corrected chi connectivity index (χ2v) is 5.95. The standard InChI is InChI=1S/C16H17N3O3/c1-16(2,3)15-12(10-17-18-15)6-9-14(20)11-4-7-13(8-5-11)19(21)22/h4-10H,1-3H3,(H,17,18). The molecule has 2 aromatic rings. The van der Waals surface area contributed by atoms with Crippen molar-refractivity contribution in [1.29, 1.82) is 0 Å². The number of non-ortho nitro benzene ring substituents is 1. The molecule has 0 atom stereocenters. The van der Waals surface area contributed by atoms with E-state index >= 15 is 0 Å². The Balaban J connectivity index is 2.18. The van der Waals surface area contributed by atoms with Crippen molar-refractivity contribution in [1.82, 2.24) is 10.2 Å². The summed E-state index contributed by atoms with van der Waals surface area (Å²) in [5, 5.41) is 17.5. The average molecular weight is 299 g/mol. The van der Waals surface area contributed by atoms with Gasteiger partial charge in [-0.25, -0.2) is 0 Å². The van der Waals surface area contributed by atoms with E-state index in [1.807, 2.05) is 0 Å². The van der Waals surface area contributed by atoms with Gasteiger partial charge in [-0.05, 0) is 24.3 Å². The number of ketones is 1. The minimum absolute atomic E-state index is 0.0367. The number of allylic oxidation sites excluding steroid dienone is 1. The van der Waals surface area contributed by atoms with Crippen LogP contribution in [0.4, 0.5) is 5.69 Å². The summed E-state index contributed by atoms with van der Waals surface area (Å²) in [4.78, 5) is 22.2. The number of nitrogens with zero attached hydrogens (tertiary/aromatic N) is 2. The number of nitrogens with one attached hydrogen (secondary N) is 1. The molecule has 1 aromatic heterocycles. The fraction of sp³-hybridized carbons (Fsp3) is 0.250. The molecule has 0 unspecified atom stereocenters. The fourth-order valence-corrected chi connectivity index (χ4v) is 2.03. The van der Waals surface area contributed by atoms with Crippen LogP contribution in [0, 0.1) is 10.1 Å². The van der Waals surface area contributed by atoms with Crippen molar-refractivity contribution < 1.29 is 9.72 Å². The molecule has 6 heteroatoms. The number of hydrogen-bond acceptors (Lipinski definition) is 4. The molecule has 0 fully saturated rings. The first-order valence-electron chi connectivity index (χ1n) is 6.80. The van der Waals surface area contributed by atoms with Crippen LogP contribution in [0.25, 0.3) is 6.08 Å². The molecule has 22 heavy (non-hydrogen) atoms. The number of nitro benzene ring substituents is 1. The monoisotopic (exact) mass is 299 g/mol. The molecule has 1 aromatic carbocycles. The van der Waals surface area contributed by atoms with Crippen LogP contribution in [-0.2, 0) is 5.41 Å². The molecule has 0 bridgehead atoms. The maximum absolute atomic E-state index is 12.1. The summed E-state index contributed by atoms with van der Waals surface area (Å²) in [6, 6.07) is 5.54. The second kappa shape index (κ2) is 5.93. The van der Waals surface area contributed by atoms with Crippen molar-refractivity contribution in [2.75, 3.05) is 0 Å². The van der Waals surface area contributed by atoms with E-state index in [-0.39, 0.29) is 16.9 Å². The molecule has 0 saturated carbocycles. The first kappa shape index (κ1) is 15.6. The molecule has 0 radical (unpaired) electrons. The van der Waals surface area contributed by atoms with Gasteiger partial charge in [0.2, 0.25) is 0 Å². The van der Waals surface area contributed by atoms with Gasteiger partial charge in [-0.2, -0.15) is 5.10 Å². The largest absolute Gasteiger partial charge is 0.289 e. The first-order chi connectivity index (χ1) is 10.3. The Labute approximate surface area is 128 Å². The van der Waals surface area contributed by atoms with E-state index in [1.54, 1.807) is 12.3 Å². The van der Waals surface area contributed by atoms with Crippen LogP contribution in [0.1, 0.15) is 42.4 Å². The molecule has 0 aliphatic heterocycles. The Kier molecular flexibility index (Phi) is 4.21. The van der Waals surface area contributed by atoms with Gasteiger partial charge in [0.25, 0.3) is 5.69 Å². The Morgan fingerprint density at radius 3 is 2.45 bits per heavy atom. The number of rotatable bonds is 4. The fourth-order valence-electron chi connectivity index (χ4n) is 2.03. The smallest absolute Gasteiger partial charge is 0.269 e. The third kappa shape index (κ3) is 3.46. The second-order valence-electron chi connectivity index (χ2n) is 5.95. The van der Waals surface area contributed by atoms with Gasteiger partial charge in [-0.15, -0.1) is 0 Å². The predicted molar refractivity (Wildman–Crippen MR) is 83.7 cm³/mol. The molecule has 1 N–H and O–H groups in total. The highest BCUT2D eigenvalue weighted by Crippen LogP contribution is 2.24. The number of aromatic nitrogens is 2. The summed E-state index contributed by atoms with van der Waals surface area (Å²) >= 11 is 0. The third-order valence-corrected chi connectivity index (χ3v) is 3.20. The maximum Gasteiger partial charge on any atom is 0.269 e. The quantitative estimate of drug-likeness (QED) is 0.405. The zero-order valence-electron chi connectivity index (χ0n) is 12.7. The molecule has 2 rings (SSSR count). The molecule has 114 valence electrons. The number of carbonyl (C=O) groups is 1. The summed E-state index contributed by atoms with van der Waals surface area (Å²) in [5.74, 6) is -0.212. The normalized spacial score (nSPS) is 11.8. The molecular formula is C16H17N3O3. The topological polar surface area (TPSA) is 88.9 Å². The molecule has 0 saturated heterocycles. The average Bonchev–Trinajstić information content (AvgIpc) is 2.93. The van der Waals surface area contributed by atoms with E-state index in [0.717, 1.165) is 11.3 Å². The number of carbonyl (C=O) groups excluding carboxylic acids is 1. The molecule has 6 nitrogen and oxygen atoms in total. The summed E-state index contributed by atoms with van der Waals surface area (Å²) in [6.07, 6.45) is 4.81. The van der Waals surface area contributed by atoms with Gasteiger partial charge < -0.3 is 0 Å². The summed E-state index contributed by atoms with van der Waals surface area (Å²) < 4.78 is 0. The number of nitro groups is 1. The molecular weight excluding hydrogens is 282 g/mol. The van der Waals surface area contributed by atoms with Gasteiger partial charge in [0.05, 0.1) is 11.1 Å². The van der Waals surface area contributed by atoms with E-state index < -0.39 is 4.92 Å². The Morgan fingerprint density at radius 2 is 1.91 bits per heavy atom. The highest BCUT2D eigenvalue weighted by Gasteiger charge is 2.18. The van der Waals surface area contributed by atoms with Crippen LogP contribution >= 0.6 is 0 Å². The predicted octanol–water partition coefficient (Wildman–Crippen LogP) is 3.51. The number of benzene rings is 1. The minimum Gasteiger partial charge on any atom is -0.289 e. The number of hydrogen-bond donors (Lipinski definition) is 1. The summed E-state index contributed by atoms with van der Waals surface area (Å²) in [7, 11) is 0. The van der Waals surface area contributed by atoms with Crippen LogP contribution in [0.3, 0.4) is 0 Å². The zero-order chi connectivity index (χ0) is 16.3. The molecule has 0 spiro atoms. The van der Waals surface area contributed by atoms with E-state index in [2.05, 4.69) is 31.0 Å². The van der Waals surface area contributed by atoms with Crippen LogP contribution in [-0.4, -0.2) is 20.9 Å². The lowest BCUT2D eigenvalue weighted by Crippen LogP contribution is -2.13. The maximum atomic E-state index is 12.1. The third-order valence-electron chi connectivity index (χ3n) is 3.20. The number of aromatic amines is 1. The summed E-state index contributed by atoms with van der Waals surface area (Å²) in [5.41, 5.74) is 2.06. The lowest BCUT2D eigenvalue weighted by molar-refractivity contribution is -0.384. The lowest BCUT2D eigenvalue weighted by Gasteiger charge is -2.17. The van der Waals surface area contributed by atoms with Crippen LogP contribution in [0.15, 0.2) is 36.5 Å². The van der Waals surface area contributed by atoms with Crippen molar-refractivity contribution in [2.24, 2.45) is 0 Å².